The number of alkyl halides is 1. The van der Waals surface area contributed by atoms with Crippen LogP contribution in [0.5, 0.6) is 0 Å². The molecule has 9 heteroatoms. The maximum atomic E-state index is 14.8. The Morgan fingerprint density at radius 3 is 2.63 bits per heavy atom. The first kappa shape index (κ1) is 22.6. The molecule has 166 valence electrons. The molecule has 6 nitrogen and oxygen atoms in total. The van der Waals surface area contributed by atoms with E-state index in [1.165, 1.54) is 21.9 Å². The van der Waals surface area contributed by atoms with Crippen molar-refractivity contribution in [1.29, 1.82) is 0 Å². The van der Waals surface area contributed by atoms with Gasteiger partial charge in [0, 0.05) is 30.3 Å². The van der Waals surface area contributed by atoms with Gasteiger partial charge >= 0.3 is 6.09 Å². The molecule has 2 aliphatic heterocycles. The third kappa shape index (κ3) is 5.53. The van der Waals surface area contributed by atoms with Crippen molar-refractivity contribution in [1.82, 2.24) is 9.80 Å². The van der Waals surface area contributed by atoms with Gasteiger partial charge in [-0.05, 0) is 58.2 Å². The Balaban J connectivity index is 1.70. The number of piperidine rings is 2. The molecule has 2 saturated heterocycles. The van der Waals surface area contributed by atoms with Gasteiger partial charge in [0.1, 0.15) is 23.6 Å². The summed E-state index contributed by atoms with van der Waals surface area (Å²) in [5.74, 6) is -0.769. The highest BCUT2D eigenvalue weighted by molar-refractivity contribution is 6.30. The SMILES string of the molecule is CC(C)(C)OC(=O)N1CC[C@H](F)[C@@H](N2CCC[C@@H](Nc3cc(F)cc(Cl)c3)C2=O)C1. The lowest BCUT2D eigenvalue weighted by atomic mass is 9.96. The van der Waals surface area contributed by atoms with Crippen LogP contribution in [-0.4, -0.2) is 65.3 Å². The van der Waals surface area contributed by atoms with E-state index in [-0.39, 0.29) is 30.4 Å². The average Bonchev–Trinajstić information content (AvgIpc) is 2.62. The van der Waals surface area contributed by atoms with E-state index in [1.54, 1.807) is 26.8 Å². The Bertz CT molecular complexity index is 782. The minimum Gasteiger partial charge on any atom is -0.444 e. The maximum absolute atomic E-state index is 14.8. The third-order valence-corrected chi connectivity index (χ3v) is 5.45. The van der Waals surface area contributed by atoms with Crippen molar-refractivity contribution < 1.29 is 23.1 Å². The van der Waals surface area contributed by atoms with Crippen molar-refractivity contribution in [2.24, 2.45) is 0 Å². The summed E-state index contributed by atoms with van der Waals surface area (Å²) in [5.41, 5.74) is -0.252. The summed E-state index contributed by atoms with van der Waals surface area (Å²) >= 11 is 5.89. The predicted octanol–water partition coefficient (Wildman–Crippen LogP) is 4.23. The number of nitrogens with one attached hydrogen (secondary N) is 1. The summed E-state index contributed by atoms with van der Waals surface area (Å²) in [4.78, 5) is 28.5. The molecule has 0 aromatic heterocycles. The Labute approximate surface area is 180 Å². The van der Waals surface area contributed by atoms with E-state index in [0.29, 0.717) is 25.1 Å². The number of hydrogen-bond donors (Lipinski definition) is 1. The van der Waals surface area contributed by atoms with Crippen molar-refractivity contribution in [3.63, 3.8) is 0 Å². The number of ether oxygens (including phenoxy) is 1. The van der Waals surface area contributed by atoms with Gasteiger partial charge in [0.25, 0.3) is 0 Å². The van der Waals surface area contributed by atoms with E-state index in [2.05, 4.69) is 5.32 Å². The molecule has 1 N–H and O–H groups in total. The molecule has 1 aromatic rings. The van der Waals surface area contributed by atoms with E-state index < -0.39 is 35.8 Å². The van der Waals surface area contributed by atoms with Crippen LogP contribution in [0.3, 0.4) is 0 Å². The molecule has 0 unspecified atom stereocenters. The molecule has 0 spiro atoms. The van der Waals surface area contributed by atoms with Crippen LogP contribution in [0.1, 0.15) is 40.0 Å². The molecule has 0 radical (unpaired) electrons. The highest BCUT2D eigenvalue weighted by Gasteiger charge is 2.41. The highest BCUT2D eigenvalue weighted by Crippen LogP contribution is 2.27. The molecule has 2 fully saturated rings. The van der Waals surface area contributed by atoms with Gasteiger partial charge in [0.05, 0.1) is 6.04 Å². The van der Waals surface area contributed by atoms with Crippen molar-refractivity contribution in [3.8, 4) is 0 Å². The van der Waals surface area contributed by atoms with Crippen molar-refractivity contribution >= 4 is 29.3 Å². The molecule has 1 aromatic carbocycles. The summed E-state index contributed by atoms with van der Waals surface area (Å²) in [6.07, 6.45) is -0.376. The first-order valence-electron chi connectivity index (χ1n) is 10.2. The number of carbonyl (C=O) groups is 2. The van der Waals surface area contributed by atoms with Gasteiger partial charge in [-0.2, -0.15) is 0 Å². The molecule has 2 amide bonds. The smallest absolute Gasteiger partial charge is 0.410 e. The zero-order chi connectivity index (χ0) is 22.1. The zero-order valence-corrected chi connectivity index (χ0v) is 18.2. The summed E-state index contributed by atoms with van der Waals surface area (Å²) < 4.78 is 33.8. The number of halogens is 3. The van der Waals surface area contributed by atoms with Gasteiger partial charge in [-0.15, -0.1) is 0 Å². The highest BCUT2D eigenvalue weighted by atomic mass is 35.5. The summed E-state index contributed by atoms with van der Waals surface area (Å²) in [5, 5.41) is 3.24. The molecule has 3 atom stereocenters. The van der Waals surface area contributed by atoms with Crippen LogP contribution < -0.4 is 5.32 Å². The lowest BCUT2D eigenvalue weighted by Crippen LogP contribution is -2.61. The summed E-state index contributed by atoms with van der Waals surface area (Å²) in [7, 11) is 0. The van der Waals surface area contributed by atoms with E-state index in [4.69, 9.17) is 16.3 Å². The van der Waals surface area contributed by atoms with E-state index in [0.717, 1.165) is 0 Å². The topological polar surface area (TPSA) is 61.9 Å². The number of benzene rings is 1. The summed E-state index contributed by atoms with van der Waals surface area (Å²) in [6.45, 7) is 6.06. The van der Waals surface area contributed by atoms with Crippen LogP contribution in [0.4, 0.5) is 19.3 Å². The quantitative estimate of drug-likeness (QED) is 0.759. The maximum Gasteiger partial charge on any atom is 0.410 e. The second kappa shape index (κ2) is 8.96. The van der Waals surface area contributed by atoms with Gasteiger partial charge < -0.3 is 19.9 Å². The fourth-order valence-corrected chi connectivity index (χ4v) is 4.11. The lowest BCUT2D eigenvalue weighted by molar-refractivity contribution is -0.140. The van der Waals surface area contributed by atoms with Crippen molar-refractivity contribution in [2.75, 3.05) is 25.0 Å². The molecule has 2 heterocycles. The Morgan fingerprint density at radius 1 is 1.23 bits per heavy atom. The first-order valence-corrected chi connectivity index (χ1v) is 10.6. The molecule has 3 rings (SSSR count). The Morgan fingerprint density at radius 2 is 1.97 bits per heavy atom. The van der Waals surface area contributed by atoms with Gasteiger partial charge in [0.2, 0.25) is 5.91 Å². The van der Waals surface area contributed by atoms with Crippen LogP contribution in [0.2, 0.25) is 5.02 Å². The number of rotatable bonds is 3. The number of amides is 2. The minimum atomic E-state index is -1.23. The second-order valence-corrected chi connectivity index (χ2v) is 9.26. The van der Waals surface area contributed by atoms with Gasteiger partial charge in [0.15, 0.2) is 0 Å². The van der Waals surface area contributed by atoms with Crippen LogP contribution in [-0.2, 0) is 9.53 Å². The van der Waals surface area contributed by atoms with Crippen LogP contribution >= 0.6 is 11.6 Å². The fourth-order valence-electron chi connectivity index (χ4n) is 3.89. The zero-order valence-electron chi connectivity index (χ0n) is 17.5. The molecular formula is C21H28ClF2N3O3. The lowest BCUT2D eigenvalue weighted by Gasteiger charge is -2.44. The molecule has 30 heavy (non-hydrogen) atoms. The van der Waals surface area contributed by atoms with Crippen molar-refractivity contribution in [3.05, 3.63) is 29.0 Å². The van der Waals surface area contributed by atoms with Gasteiger partial charge in [-0.25, -0.2) is 13.6 Å². The molecule has 0 saturated carbocycles. The fraction of sp³-hybridized carbons (Fsp3) is 0.619. The van der Waals surface area contributed by atoms with E-state index in [9.17, 15) is 18.4 Å². The van der Waals surface area contributed by atoms with Crippen LogP contribution in [0, 0.1) is 5.82 Å². The average molecular weight is 444 g/mol. The number of likely N-dealkylation sites (tertiary alicyclic amines) is 2. The molecule has 2 aliphatic rings. The first-order chi connectivity index (χ1) is 14.0. The normalized spacial score (nSPS) is 25.3. The largest absolute Gasteiger partial charge is 0.444 e. The van der Waals surface area contributed by atoms with E-state index in [1.807, 2.05) is 0 Å². The number of anilines is 1. The van der Waals surface area contributed by atoms with Gasteiger partial charge in [-0.3, -0.25) is 4.79 Å². The van der Waals surface area contributed by atoms with Crippen molar-refractivity contribution in [2.45, 2.75) is 63.9 Å². The minimum absolute atomic E-state index is 0.0837. The Kier molecular flexibility index (Phi) is 6.75. The Hall–Kier alpha value is -2.09. The second-order valence-electron chi connectivity index (χ2n) is 8.83. The standard InChI is InChI=1S/C21H28ClF2N3O3/c1-21(2,3)30-20(29)26-8-6-16(24)18(12-26)27-7-4-5-17(19(27)28)25-15-10-13(22)9-14(23)11-15/h9-11,16-18,25H,4-8,12H2,1-3H3/t16-,17+,18-/m0/s1. The number of hydrogen-bond acceptors (Lipinski definition) is 4. The van der Waals surface area contributed by atoms with Crippen LogP contribution in [0.15, 0.2) is 18.2 Å². The number of carbonyl (C=O) groups excluding carboxylic acids is 2. The summed E-state index contributed by atoms with van der Waals surface area (Å²) in [6, 6.07) is 2.64. The monoisotopic (exact) mass is 443 g/mol. The number of nitrogens with zero attached hydrogens (tertiary/aromatic N) is 2. The molecular weight excluding hydrogens is 416 g/mol. The molecule has 0 bridgehead atoms. The third-order valence-electron chi connectivity index (χ3n) is 5.23. The predicted molar refractivity (Wildman–Crippen MR) is 111 cm³/mol. The molecule has 0 aliphatic carbocycles. The van der Waals surface area contributed by atoms with E-state index >= 15 is 0 Å². The van der Waals surface area contributed by atoms with Crippen LogP contribution in [0.25, 0.3) is 0 Å². The van der Waals surface area contributed by atoms with Gasteiger partial charge in [-0.1, -0.05) is 11.6 Å².